The van der Waals surface area contributed by atoms with Gasteiger partial charge in [-0.25, -0.2) is 13.1 Å². The molecule has 4 unspecified atom stereocenters. The lowest BCUT2D eigenvalue weighted by molar-refractivity contribution is -0.155. The Bertz CT molecular complexity index is 1490. The predicted octanol–water partition coefficient (Wildman–Crippen LogP) is 7.53. The molecule has 2 aliphatic rings. The maximum atomic E-state index is 14.6. The van der Waals surface area contributed by atoms with Crippen LogP contribution in [0.4, 0.5) is 0 Å². The smallest absolute Gasteiger partial charge is 0.229 e. The van der Waals surface area contributed by atoms with Gasteiger partial charge in [-0.1, -0.05) is 90.8 Å². The highest BCUT2D eigenvalue weighted by Gasteiger charge is 2.53. The Morgan fingerprint density at radius 1 is 1.00 bits per heavy atom. The summed E-state index contributed by atoms with van der Waals surface area (Å²) in [6.45, 7) is 6.12. The number of nitrogens with one attached hydrogen (secondary N) is 1. The first-order valence-corrected chi connectivity index (χ1v) is 16.5. The second kappa shape index (κ2) is 12.3. The summed E-state index contributed by atoms with van der Waals surface area (Å²) in [6.07, 6.45) is 4.83. The number of carbonyl (C=O) groups excluding carboxylic acids is 1. The summed E-state index contributed by atoms with van der Waals surface area (Å²) in [5.74, 6) is 0.0489. The molecule has 5 rings (SSSR count). The van der Waals surface area contributed by atoms with Crippen LogP contribution in [0.15, 0.2) is 91.5 Å². The van der Waals surface area contributed by atoms with Gasteiger partial charge in [-0.15, -0.1) is 6.58 Å². The Morgan fingerprint density at radius 3 is 2.34 bits per heavy atom. The maximum Gasteiger partial charge on any atom is 0.229 e. The third-order valence-electron chi connectivity index (χ3n) is 8.42. The monoisotopic (exact) mass is 610 g/mol. The lowest BCUT2D eigenvalue weighted by atomic mass is 9.67. The minimum absolute atomic E-state index is 0.0229. The summed E-state index contributed by atoms with van der Waals surface area (Å²) in [7, 11) is -3.63. The molecule has 1 amide bonds. The van der Waals surface area contributed by atoms with Crippen LogP contribution in [0.25, 0.3) is 0 Å². The second-order valence-electron chi connectivity index (χ2n) is 11.6. The fraction of sp³-hybridized carbons (Fsp3) is 0.364. The number of nitrogens with zero attached hydrogens (tertiary/aromatic N) is 1. The van der Waals surface area contributed by atoms with Crippen molar-refractivity contribution in [3.63, 3.8) is 0 Å². The van der Waals surface area contributed by atoms with Crippen LogP contribution in [-0.2, 0) is 20.6 Å². The van der Waals surface area contributed by atoms with Gasteiger partial charge in [-0.3, -0.25) is 4.79 Å². The quantitative estimate of drug-likeness (QED) is 0.228. The average molecular weight is 612 g/mol. The van der Waals surface area contributed by atoms with Gasteiger partial charge in [0.25, 0.3) is 0 Å². The fourth-order valence-electron chi connectivity index (χ4n) is 6.28. The van der Waals surface area contributed by atoms with E-state index < -0.39 is 15.4 Å². The number of hydrogen-bond donors (Lipinski definition) is 1. The van der Waals surface area contributed by atoms with E-state index in [9.17, 15) is 13.2 Å². The van der Waals surface area contributed by atoms with Gasteiger partial charge in [-0.2, -0.15) is 0 Å². The molecule has 0 spiro atoms. The van der Waals surface area contributed by atoms with E-state index >= 15 is 0 Å². The van der Waals surface area contributed by atoms with Gasteiger partial charge in [0.1, 0.15) is 0 Å². The van der Waals surface area contributed by atoms with E-state index in [0.717, 1.165) is 29.5 Å². The molecule has 3 aromatic rings. The highest BCUT2D eigenvalue weighted by atomic mass is 35.5. The zero-order valence-corrected chi connectivity index (χ0v) is 25.5. The van der Waals surface area contributed by atoms with E-state index in [-0.39, 0.29) is 42.1 Å². The van der Waals surface area contributed by atoms with Gasteiger partial charge >= 0.3 is 0 Å². The minimum Gasteiger partial charge on any atom is -0.330 e. The number of likely N-dealkylation sites (tertiary alicyclic amines) is 1. The van der Waals surface area contributed by atoms with Crippen LogP contribution in [-0.4, -0.2) is 31.8 Å². The third kappa shape index (κ3) is 6.89. The van der Waals surface area contributed by atoms with E-state index in [0.29, 0.717) is 22.9 Å². The lowest BCUT2D eigenvalue weighted by Crippen LogP contribution is -2.58. The standard InChI is InChI=1S/C33H36Cl2N2O3S/c1-3-18-33(2)20-29(26-10-7-11-28(35)19-26)31(25-14-16-27(34)17-15-25)37(32(33)38)30(24-12-13-24)21-36-41(39,40)22-23-8-5-4-6-9-23/h3-11,14-17,19,24,29-31,36H,1,12-13,18,20-22H2,2H3. The number of carbonyl (C=O) groups is 1. The molecule has 1 aliphatic heterocycles. The van der Waals surface area contributed by atoms with Crippen molar-refractivity contribution in [1.82, 2.24) is 9.62 Å². The highest BCUT2D eigenvalue weighted by Crippen LogP contribution is 2.54. The number of halogens is 2. The number of allylic oxidation sites excluding steroid dienone is 1. The van der Waals surface area contributed by atoms with Crippen molar-refractivity contribution in [3.8, 4) is 0 Å². The third-order valence-corrected chi connectivity index (χ3v) is 10.2. The fourth-order valence-corrected chi connectivity index (χ4v) is 7.77. The Hall–Kier alpha value is -2.64. The highest BCUT2D eigenvalue weighted by molar-refractivity contribution is 7.88. The first kappa shape index (κ1) is 29.8. The van der Waals surface area contributed by atoms with Crippen LogP contribution in [0, 0.1) is 11.3 Å². The molecule has 41 heavy (non-hydrogen) atoms. The van der Waals surface area contributed by atoms with E-state index in [1.54, 1.807) is 12.1 Å². The Labute approximate surface area is 253 Å². The molecule has 0 radical (unpaired) electrons. The number of amides is 1. The van der Waals surface area contributed by atoms with Crippen molar-refractivity contribution in [1.29, 1.82) is 0 Å². The minimum atomic E-state index is -3.63. The summed E-state index contributed by atoms with van der Waals surface area (Å²) in [4.78, 5) is 16.6. The van der Waals surface area contributed by atoms with Crippen LogP contribution in [0.5, 0.6) is 0 Å². The summed E-state index contributed by atoms with van der Waals surface area (Å²) >= 11 is 12.8. The molecule has 3 aromatic carbocycles. The summed E-state index contributed by atoms with van der Waals surface area (Å²) < 4.78 is 29.3. The molecule has 0 aromatic heterocycles. The Morgan fingerprint density at radius 2 is 1.71 bits per heavy atom. The predicted molar refractivity (Wildman–Crippen MR) is 166 cm³/mol. The van der Waals surface area contributed by atoms with Crippen molar-refractivity contribution in [3.05, 3.63) is 118 Å². The second-order valence-corrected chi connectivity index (χ2v) is 14.3. The lowest BCUT2D eigenvalue weighted by Gasteiger charge is -2.52. The van der Waals surface area contributed by atoms with Gasteiger partial charge in [-0.05, 0) is 72.6 Å². The van der Waals surface area contributed by atoms with Gasteiger partial charge in [0.05, 0.1) is 17.2 Å². The van der Waals surface area contributed by atoms with Crippen LogP contribution in [0.2, 0.25) is 10.0 Å². The normalized spacial score (nSPS) is 23.8. The van der Waals surface area contributed by atoms with Crippen LogP contribution >= 0.6 is 23.2 Å². The van der Waals surface area contributed by atoms with Crippen molar-refractivity contribution in [2.24, 2.45) is 11.3 Å². The largest absolute Gasteiger partial charge is 0.330 e. The van der Waals surface area contributed by atoms with Crippen LogP contribution in [0.1, 0.15) is 61.3 Å². The summed E-state index contributed by atoms with van der Waals surface area (Å²) in [5.41, 5.74) is 2.03. The molecule has 4 atom stereocenters. The van der Waals surface area contributed by atoms with Crippen LogP contribution < -0.4 is 4.72 Å². The first-order chi connectivity index (χ1) is 19.6. The Balaban J connectivity index is 1.56. The van der Waals surface area contributed by atoms with Gasteiger partial charge in [0.2, 0.25) is 15.9 Å². The number of hydrogen-bond acceptors (Lipinski definition) is 3. The molecule has 216 valence electrons. The van der Waals surface area contributed by atoms with Gasteiger partial charge in [0.15, 0.2) is 0 Å². The zero-order valence-electron chi connectivity index (χ0n) is 23.2. The topological polar surface area (TPSA) is 66.5 Å². The van der Waals surface area contributed by atoms with Crippen molar-refractivity contribution >= 4 is 39.1 Å². The molecular weight excluding hydrogens is 575 g/mol. The number of sulfonamides is 1. The molecule has 5 nitrogen and oxygen atoms in total. The van der Waals surface area contributed by atoms with Gasteiger partial charge in [0, 0.05) is 28.5 Å². The molecule has 1 N–H and O–H groups in total. The summed E-state index contributed by atoms with van der Waals surface area (Å²) in [5, 5.41) is 1.25. The molecular formula is C33H36Cl2N2O3S. The Kier molecular flexibility index (Phi) is 8.95. The maximum absolute atomic E-state index is 14.6. The molecule has 8 heteroatoms. The molecule has 0 bridgehead atoms. The molecule has 2 fully saturated rings. The first-order valence-electron chi connectivity index (χ1n) is 14.1. The SMILES string of the molecule is C=CCC1(C)CC(c2cccc(Cl)c2)C(c2ccc(Cl)cc2)N(C(CNS(=O)(=O)Cc2ccccc2)C2CC2)C1=O. The van der Waals surface area contributed by atoms with Crippen molar-refractivity contribution < 1.29 is 13.2 Å². The van der Waals surface area contributed by atoms with Crippen LogP contribution in [0.3, 0.4) is 0 Å². The van der Waals surface area contributed by atoms with Gasteiger partial charge < -0.3 is 4.90 Å². The average Bonchev–Trinajstić information content (AvgIpc) is 3.77. The molecule has 1 aliphatic carbocycles. The van der Waals surface area contributed by atoms with E-state index in [4.69, 9.17) is 23.2 Å². The molecule has 1 heterocycles. The molecule has 1 saturated carbocycles. The number of benzene rings is 3. The van der Waals surface area contributed by atoms with Crippen molar-refractivity contribution in [2.75, 3.05) is 6.54 Å². The summed E-state index contributed by atoms with van der Waals surface area (Å²) in [6, 6.07) is 24.0. The zero-order chi connectivity index (χ0) is 29.2. The van der Waals surface area contributed by atoms with E-state index in [1.807, 2.05) is 78.6 Å². The number of piperidine rings is 1. The molecule has 1 saturated heterocycles. The number of rotatable bonds is 11. The van der Waals surface area contributed by atoms with Crippen molar-refractivity contribution in [2.45, 2.75) is 56.4 Å². The van der Waals surface area contributed by atoms with E-state index in [1.165, 1.54) is 0 Å². The van der Waals surface area contributed by atoms with E-state index in [2.05, 4.69) is 17.4 Å².